The van der Waals surface area contributed by atoms with Gasteiger partial charge in [-0.2, -0.15) is 0 Å². The van der Waals surface area contributed by atoms with Crippen molar-refractivity contribution in [1.29, 1.82) is 0 Å². The van der Waals surface area contributed by atoms with Crippen LogP contribution >= 0.6 is 0 Å². The lowest BCUT2D eigenvalue weighted by molar-refractivity contribution is -0.916. The second-order valence-corrected chi connectivity index (χ2v) is 0.763. The molecule has 0 aromatic carbocycles. The SMILES string of the molecule is N[N+](N)(N)[O-]. The van der Waals surface area contributed by atoms with Crippen LogP contribution in [-0.2, 0) is 0 Å². The molecule has 5 nitrogen and oxygen atoms in total. The molecule has 0 saturated heterocycles. The minimum absolute atomic E-state index is 1.75. The van der Waals surface area contributed by atoms with E-state index in [-0.39, 0.29) is 0 Å². The van der Waals surface area contributed by atoms with Gasteiger partial charge in [0.05, 0.1) is 0 Å². The van der Waals surface area contributed by atoms with Gasteiger partial charge in [0.25, 0.3) is 0 Å². The highest BCUT2D eigenvalue weighted by molar-refractivity contribution is 3.91. The molecular weight excluding hydrogens is 72.0 g/mol. The summed E-state index contributed by atoms with van der Waals surface area (Å²) in [6.07, 6.45) is 0. The van der Waals surface area contributed by atoms with Gasteiger partial charge < -0.3 is 5.21 Å². The van der Waals surface area contributed by atoms with Crippen molar-refractivity contribution in [2.45, 2.75) is 0 Å². The topological polar surface area (TPSA) is 101 Å². The molecule has 0 bridgehead atoms. The second kappa shape index (κ2) is 0.886. The van der Waals surface area contributed by atoms with Gasteiger partial charge in [0.15, 0.2) is 0 Å². The molecule has 0 amide bonds. The van der Waals surface area contributed by atoms with Crippen LogP contribution in [0.4, 0.5) is 0 Å². The summed E-state index contributed by atoms with van der Waals surface area (Å²) in [6.45, 7) is 0. The quantitative estimate of drug-likeness (QED) is 0.176. The molecule has 0 aliphatic heterocycles. The fourth-order valence-corrected chi connectivity index (χ4v) is 0. The van der Waals surface area contributed by atoms with Crippen LogP contribution in [0.3, 0.4) is 0 Å². The lowest BCUT2D eigenvalue weighted by Gasteiger charge is -2.20. The van der Waals surface area contributed by atoms with E-state index >= 15 is 0 Å². The first kappa shape index (κ1) is 4.80. The molecule has 32 valence electrons. The van der Waals surface area contributed by atoms with Gasteiger partial charge in [0.2, 0.25) is 0 Å². The highest BCUT2D eigenvalue weighted by Crippen LogP contribution is 1.52. The predicted octanol–water partition coefficient (Wildman–Crippen LogP) is -2.08. The molecule has 0 aromatic rings. The van der Waals surface area contributed by atoms with Crippen LogP contribution < -0.4 is 17.5 Å². The van der Waals surface area contributed by atoms with E-state index in [4.69, 9.17) is 0 Å². The van der Waals surface area contributed by atoms with Gasteiger partial charge in [-0.25, -0.2) is 0 Å². The molecule has 0 saturated carbocycles. The Bertz CT molecular complexity index is 19.1. The lowest BCUT2D eigenvalue weighted by Crippen LogP contribution is -2.61. The summed E-state index contributed by atoms with van der Waals surface area (Å²) in [7, 11) is 0. The van der Waals surface area contributed by atoms with Crippen molar-refractivity contribution in [3.05, 3.63) is 5.21 Å². The van der Waals surface area contributed by atoms with Crippen LogP contribution in [0.1, 0.15) is 0 Å². The fraction of sp³-hybridized carbons (Fsp3) is 0. The summed E-state index contributed by atoms with van der Waals surface area (Å²) in [5.74, 6) is 12.9. The third kappa shape index (κ3) is 308. The maximum atomic E-state index is 9.38. The van der Waals surface area contributed by atoms with Crippen LogP contribution in [0.25, 0.3) is 0 Å². The summed E-state index contributed by atoms with van der Waals surface area (Å²) in [5.41, 5.74) is 0. The van der Waals surface area contributed by atoms with Crippen molar-refractivity contribution in [3.8, 4) is 0 Å². The molecule has 0 atom stereocenters. The monoisotopic (exact) mass is 78.1 g/mol. The van der Waals surface area contributed by atoms with Gasteiger partial charge in [0, 0.05) is 0 Å². The van der Waals surface area contributed by atoms with E-state index in [1.807, 2.05) is 0 Å². The van der Waals surface area contributed by atoms with Crippen LogP contribution in [0.5, 0.6) is 0 Å². The number of nitrogens with two attached hydrogens (primary N) is 3. The molecule has 0 aliphatic rings. The smallest absolute Gasteiger partial charge is 0.134 e. The molecule has 0 unspecified atom stereocenters. The fourth-order valence-electron chi connectivity index (χ4n) is 0. The van der Waals surface area contributed by atoms with Gasteiger partial charge in [-0.1, -0.05) is 0 Å². The third-order valence-corrected chi connectivity index (χ3v) is 0. The van der Waals surface area contributed by atoms with E-state index in [1.165, 1.54) is 0 Å². The molecular formula is H6N4O. The molecule has 0 heterocycles. The maximum absolute atomic E-state index is 9.38. The van der Waals surface area contributed by atoms with Gasteiger partial charge in [0.1, 0.15) is 0 Å². The Labute approximate surface area is 29.0 Å². The number of hydrogen-bond acceptors (Lipinski definition) is 4. The Morgan fingerprint density at radius 1 is 1.20 bits per heavy atom. The average Bonchev–Trinajstić information content (AvgIpc) is 0.722. The van der Waals surface area contributed by atoms with Crippen molar-refractivity contribution in [2.24, 2.45) is 17.5 Å². The Balaban J connectivity index is 3.02. The van der Waals surface area contributed by atoms with Crippen molar-refractivity contribution < 1.29 is 4.97 Å². The van der Waals surface area contributed by atoms with E-state index in [0.717, 1.165) is 0 Å². The summed E-state index contributed by atoms with van der Waals surface area (Å²) in [4.78, 5) is -1.75. The van der Waals surface area contributed by atoms with Crippen LogP contribution in [0.15, 0.2) is 0 Å². The average molecular weight is 78.1 g/mol. The molecule has 0 aromatic heterocycles. The predicted molar refractivity (Wildman–Crippen MR) is 16.2 cm³/mol. The molecule has 6 N–H and O–H groups in total. The van der Waals surface area contributed by atoms with E-state index in [9.17, 15) is 5.21 Å². The molecule has 0 fully saturated rings. The van der Waals surface area contributed by atoms with Crippen molar-refractivity contribution >= 4 is 0 Å². The van der Waals surface area contributed by atoms with E-state index < -0.39 is 4.97 Å². The van der Waals surface area contributed by atoms with E-state index in [1.54, 1.807) is 0 Å². The second-order valence-electron chi connectivity index (χ2n) is 0.763. The highest BCUT2D eigenvalue weighted by atomic mass is 16.7. The zero-order chi connectivity index (χ0) is 4.50. The standard InChI is InChI=1S/H6N4O/c1-4(2,3)5/h1-3H2. The number of rotatable bonds is 0. The number of nitrogens with zero attached hydrogens (tertiary/aromatic N) is 1. The van der Waals surface area contributed by atoms with E-state index in [0.29, 0.717) is 0 Å². The Kier molecular flexibility index (Phi) is 0.850. The normalized spacial score (nSPS) is 12.0. The molecule has 0 rings (SSSR count). The first-order valence-electron chi connectivity index (χ1n) is 0.957. The van der Waals surface area contributed by atoms with Crippen LogP contribution in [0, 0.1) is 5.21 Å². The van der Waals surface area contributed by atoms with Crippen molar-refractivity contribution in [2.75, 3.05) is 0 Å². The Morgan fingerprint density at radius 2 is 1.20 bits per heavy atom. The Hall–Kier alpha value is -0.200. The van der Waals surface area contributed by atoms with E-state index in [2.05, 4.69) is 17.5 Å². The first-order chi connectivity index (χ1) is 2.00. The van der Waals surface area contributed by atoms with Crippen LogP contribution in [-0.4, -0.2) is 4.97 Å². The summed E-state index contributed by atoms with van der Waals surface area (Å²) >= 11 is 0. The first-order valence-corrected chi connectivity index (χ1v) is 0.957. The Morgan fingerprint density at radius 3 is 1.20 bits per heavy atom. The summed E-state index contributed by atoms with van der Waals surface area (Å²) in [6, 6.07) is 0. The van der Waals surface area contributed by atoms with Gasteiger partial charge in [-0.3, -0.25) is 0 Å². The zero-order valence-corrected chi connectivity index (χ0v) is 2.59. The molecule has 0 radical (unpaired) electrons. The minimum Gasteiger partial charge on any atom is -0.571 e. The minimum atomic E-state index is -1.75. The molecule has 5 heavy (non-hydrogen) atoms. The zero-order valence-electron chi connectivity index (χ0n) is 2.59. The molecule has 0 aliphatic carbocycles. The van der Waals surface area contributed by atoms with Gasteiger partial charge in [-0.15, -0.1) is 22.5 Å². The highest BCUT2D eigenvalue weighted by Gasteiger charge is 1.82. The summed E-state index contributed by atoms with van der Waals surface area (Å²) in [5, 5.41) is 9.38. The van der Waals surface area contributed by atoms with Crippen molar-refractivity contribution in [3.63, 3.8) is 0 Å². The third-order valence-electron chi connectivity index (χ3n) is 0. The molecule has 0 spiro atoms. The van der Waals surface area contributed by atoms with Gasteiger partial charge >= 0.3 is 0 Å². The molecule has 5 heteroatoms. The van der Waals surface area contributed by atoms with Gasteiger partial charge in [-0.05, 0) is 0 Å². The number of quaternary nitrogens is 1. The number of hydrogen-bond donors (Lipinski definition) is 3. The van der Waals surface area contributed by atoms with Crippen molar-refractivity contribution in [1.82, 2.24) is 0 Å². The summed E-state index contributed by atoms with van der Waals surface area (Å²) < 4.78 is 0. The largest absolute Gasteiger partial charge is 0.571 e. The van der Waals surface area contributed by atoms with Crippen LogP contribution in [0.2, 0.25) is 0 Å². The maximum Gasteiger partial charge on any atom is -0.134 e. The lowest BCUT2D eigenvalue weighted by atomic mass is 12.1.